The average molecular weight is 161 g/mol. The molecule has 0 radical (unpaired) electrons. The van der Waals surface area contributed by atoms with E-state index in [4.69, 9.17) is 10.8 Å². The summed E-state index contributed by atoms with van der Waals surface area (Å²) in [4.78, 5) is 19.7. The number of hydrogen-bond donors (Lipinski definition) is 2. The second-order valence-corrected chi connectivity index (χ2v) is 2.06. The quantitative estimate of drug-likeness (QED) is 0.412. The predicted molar refractivity (Wildman–Crippen MR) is 36.6 cm³/mol. The highest BCUT2D eigenvalue weighted by atomic mass is 16.5. The normalized spacial score (nSPS) is 12.1. The van der Waals surface area contributed by atoms with Crippen molar-refractivity contribution in [2.45, 2.75) is 25.5 Å². The van der Waals surface area contributed by atoms with Gasteiger partial charge in [-0.1, -0.05) is 0 Å². The Morgan fingerprint density at radius 1 is 1.73 bits per heavy atom. The minimum Gasteiger partial charge on any atom is -0.481 e. The first-order chi connectivity index (χ1) is 5.16. The summed E-state index contributed by atoms with van der Waals surface area (Å²) in [6.45, 7) is 0.255. The van der Waals surface area contributed by atoms with Crippen molar-refractivity contribution in [3.05, 3.63) is 0 Å². The molecule has 0 aromatic rings. The molecule has 0 heterocycles. The van der Waals surface area contributed by atoms with Crippen LogP contribution < -0.4 is 5.73 Å². The molecule has 0 amide bonds. The van der Waals surface area contributed by atoms with Gasteiger partial charge in [-0.05, 0) is 12.8 Å². The van der Waals surface area contributed by atoms with Gasteiger partial charge in [0.2, 0.25) is 0 Å². The fraction of sp³-hybridized carbons (Fsp3) is 0.667. The SMILES string of the molecule is NC(CCCC(=O)O)OC=O. The molecule has 5 heteroatoms. The summed E-state index contributed by atoms with van der Waals surface area (Å²) in [6.07, 6.45) is 0.178. The Kier molecular flexibility index (Phi) is 5.10. The molecule has 3 N–H and O–H groups in total. The van der Waals surface area contributed by atoms with Crippen molar-refractivity contribution in [3.63, 3.8) is 0 Å². The zero-order valence-electron chi connectivity index (χ0n) is 6.03. The first-order valence-electron chi connectivity index (χ1n) is 3.23. The molecule has 1 atom stereocenters. The highest BCUT2D eigenvalue weighted by Gasteiger charge is 2.03. The van der Waals surface area contributed by atoms with Crippen molar-refractivity contribution in [2.24, 2.45) is 5.73 Å². The smallest absolute Gasteiger partial charge is 0.303 e. The van der Waals surface area contributed by atoms with Gasteiger partial charge in [0.1, 0.15) is 0 Å². The standard InChI is InChI=1S/C6H11NO4/c7-5(11-4-8)2-1-3-6(9)10/h4-5H,1-3,7H2,(H,9,10). The van der Waals surface area contributed by atoms with Crippen molar-refractivity contribution in [1.29, 1.82) is 0 Å². The summed E-state index contributed by atoms with van der Waals surface area (Å²) in [5, 5.41) is 8.21. The van der Waals surface area contributed by atoms with Crippen LogP contribution >= 0.6 is 0 Å². The van der Waals surface area contributed by atoms with E-state index in [1.165, 1.54) is 0 Å². The zero-order chi connectivity index (χ0) is 8.69. The summed E-state index contributed by atoms with van der Waals surface area (Å²) in [5.41, 5.74) is 5.22. The number of carbonyl (C=O) groups excluding carboxylic acids is 1. The van der Waals surface area contributed by atoms with Gasteiger partial charge in [0.15, 0.2) is 6.23 Å². The molecule has 0 rings (SSSR count). The average Bonchev–Trinajstić information content (AvgIpc) is 1.87. The number of hydrogen-bond acceptors (Lipinski definition) is 4. The van der Waals surface area contributed by atoms with E-state index >= 15 is 0 Å². The Morgan fingerprint density at radius 2 is 2.36 bits per heavy atom. The van der Waals surface area contributed by atoms with E-state index in [9.17, 15) is 9.59 Å². The fourth-order valence-corrected chi connectivity index (χ4v) is 0.594. The number of carboxylic acids is 1. The lowest BCUT2D eigenvalue weighted by Crippen LogP contribution is -2.23. The summed E-state index contributed by atoms with van der Waals surface area (Å²) >= 11 is 0. The minimum absolute atomic E-state index is 0.0515. The van der Waals surface area contributed by atoms with Crippen LogP contribution in [0.5, 0.6) is 0 Å². The molecule has 0 aromatic heterocycles. The molecule has 11 heavy (non-hydrogen) atoms. The Balaban J connectivity index is 3.23. The van der Waals surface area contributed by atoms with Gasteiger partial charge in [-0.25, -0.2) is 0 Å². The van der Waals surface area contributed by atoms with Crippen LogP contribution in [0.25, 0.3) is 0 Å². The van der Waals surface area contributed by atoms with Crippen LogP contribution in [0.3, 0.4) is 0 Å². The molecule has 64 valence electrons. The zero-order valence-corrected chi connectivity index (χ0v) is 6.03. The molecule has 0 aliphatic heterocycles. The molecule has 0 aliphatic rings. The van der Waals surface area contributed by atoms with E-state index in [-0.39, 0.29) is 12.9 Å². The van der Waals surface area contributed by atoms with Crippen LogP contribution in [0.1, 0.15) is 19.3 Å². The van der Waals surface area contributed by atoms with Crippen LogP contribution in [0.15, 0.2) is 0 Å². The molecule has 0 saturated heterocycles. The van der Waals surface area contributed by atoms with Crippen molar-refractivity contribution in [3.8, 4) is 0 Å². The molecule has 0 fully saturated rings. The number of rotatable bonds is 6. The van der Waals surface area contributed by atoms with Gasteiger partial charge in [-0.15, -0.1) is 0 Å². The molecule has 5 nitrogen and oxygen atoms in total. The van der Waals surface area contributed by atoms with Gasteiger partial charge in [0.05, 0.1) is 0 Å². The van der Waals surface area contributed by atoms with Gasteiger partial charge >= 0.3 is 5.97 Å². The van der Waals surface area contributed by atoms with Crippen molar-refractivity contribution in [2.75, 3.05) is 0 Å². The van der Waals surface area contributed by atoms with E-state index in [0.29, 0.717) is 12.8 Å². The van der Waals surface area contributed by atoms with E-state index in [2.05, 4.69) is 4.74 Å². The third-order valence-electron chi connectivity index (χ3n) is 1.11. The van der Waals surface area contributed by atoms with Gasteiger partial charge in [0, 0.05) is 6.42 Å². The van der Waals surface area contributed by atoms with Crippen molar-refractivity contribution in [1.82, 2.24) is 0 Å². The Labute approximate surface area is 64.1 Å². The summed E-state index contributed by atoms with van der Waals surface area (Å²) in [5.74, 6) is -0.872. The molecule has 0 aromatic carbocycles. The van der Waals surface area contributed by atoms with Crippen LogP contribution in [0.2, 0.25) is 0 Å². The number of aliphatic carboxylic acids is 1. The van der Waals surface area contributed by atoms with Crippen LogP contribution in [0.4, 0.5) is 0 Å². The Bertz CT molecular complexity index is 137. The number of nitrogens with two attached hydrogens (primary N) is 1. The summed E-state index contributed by atoms with van der Waals surface area (Å²) in [6, 6.07) is 0. The molecule has 0 spiro atoms. The monoisotopic (exact) mass is 161 g/mol. The van der Waals surface area contributed by atoms with Crippen molar-refractivity contribution < 1.29 is 19.4 Å². The van der Waals surface area contributed by atoms with Gasteiger partial charge < -0.3 is 9.84 Å². The van der Waals surface area contributed by atoms with Gasteiger partial charge in [0.25, 0.3) is 6.47 Å². The second kappa shape index (κ2) is 5.67. The Hall–Kier alpha value is -1.10. The highest BCUT2D eigenvalue weighted by Crippen LogP contribution is 1.98. The Morgan fingerprint density at radius 3 is 2.82 bits per heavy atom. The van der Waals surface area contributed by atoms with E-state index in [1.54, 1.807) is 0 Å². The van der Waals surface area contributed by atoms with Crippen LogP contribution in [-0.4, -0.2) is 23.8 Å². The lowest BCUT2D eigenvalue weighted by molar-refractivity contribution is -0.137. The molecule has 1 unspecified atom stereocenters. The first-order valence-corrected chi connectivity index (χ1v) is 3.23. The van der Waals surface area contributed by atoms with E-state index in [0.717, 1.165) is 0 Å². The van der Waals surface area contributed by atoms with E-state index in [1.807, 2.05) is 0 Å². The summed E-state index contributed by atoms with van der Waals surface area (Å²) in [7, 11) is 0. The van der Waals surface area contributed by atoms with Crippen LogP contribution in [0, 0.1) is 0 Å². The second-order valence-electron chi connectivity index (χ2n) is 2.06. The van der Waals surface area contributed by atoms with Crippen LogP contribution in [-0.2, 0) is 14.3 Å². The summed E-state index contributed by atoms with van der Waals surface area (Å²) < 4.78 is 4.33. The lowest BCUT2D eigenvalue weighted by atomic mass is 10.2. The maximum atomic E-state index is 9.99. The maximum absolute atomic E-state index is 9.99. The molecular weight excluding hydrogens is 150 g/mol. The topological polar surface area (TPSA) is 89.6 Å². The third kappa shape index (κ3) is 6.79. The van der Waals surface area contributed by atoms with Gasteiger partial charge in [-0.3, -0.25) is 15.3 Å². The van der Waals surface area contributed by atoms with Crippen molar-refractivity contribution >= 4 is 12.4 Å². The largest absolute Gasteiger partial charge is 0.481 e. The highest BCUT2D eigenvalue weighted by molar-refractivity contribution is 5.66. The molecule has 0 bridgehead atoms. The lowest BCUT2D eigenvalue weighted by Gasteiger charge is -2.06. The number of carboxylic acid groups (broad SMARTS) is 1. The third-order valence-corrected chi connectivity index (χ3v) is 1.11. The molecule has 0 saturated carbocycles. The fourth-order valence-electron chi connectivity index (χ4n) is 0.594. The predicted octanol–water partition coefficient (Wildman–Crippen LogP) is -0.301. The van der Waals surface area contributed by atoms with E-state index < -0.39 is 12.2 Å². The maximum Gasteiger partial charge on any atom is 0.303 e. The minimum atomic E-state index is -0.872. The molecule has 0 aliphatic carbocycles. The first kappa shape index (κ1) is 9.90. The number of carbonyl (C=O) groups is 2. The molecular formula is C6H11NO4. The number of ether oxygens (including phenoxy) is 1. The van der Waals surface area contributed by atoms with Gasteiger partial charge in [-0.2, -0.15) is 0 Å².